The fraction of sp³-hybridized carbons (Fsp3) is 0.273. The van der Waals surface area contributed by atoms with Gasteiger partial charge in [0.2, 0.25) is 0 Å². The molecule has 0 aliphatic carbocycles. The van der Waals surface area contributed by atoms with E-state index in [0.29, 0.717) is 0 Å². The van der Waals surface area contributed by atoms with Crippen LogP contribution in [0.4, 0.5) is 5.69 Å². The number of rotatable bonds is 4. The molecular formula is C11H12ClNO2. The Morgan fingerprint density at radius 1 is 1.40 bits per heavy atom. The third kappa shape index (κ3) is 2.87. The molecule has 0 aliphatic heterocycles. The van der Waals surface area contributed by atoms with E-state index in [1.54, 1.807) is 0 Å². The summed E-state index contributed by atoms with van der Waals surface area (Å²) in [6.45, 7) is 4.19. The van der Waals surface area contributed by atoms with Crippen molar-refractivity contribution < 1.29 is 9.43 Å². The highest BCUT2D eigenvalue weighted by Crippen LogP contribution is 2.24. The van der Waals surface area contributed by atoms with E-state index in [4.69, 9.17) is 23.3 Å². The lowest BCUT2D eigenvalue weighted by atomic mass is 10.1. The molecule has 0 aromatic heterocycles. The van der Waals surface area contributed by atoms with Crippen LogP contribution in [0.2, 0.25) is 0 Å². The Bertz CT molecular complexity index is 353. The van der Waals surface area contributed by atoms with E-state index >= 15 is 0 Å². The highest BCUT2D eigenvalue weighted by molar-refractivity contribution is 6.06. The summed E-state index contributed by atoms with van der Waals surface area (Å²) in [5.41, 5.74) is 2.95. The van der Waals surface area contributed by atoms with Crippen molar-refractivity contribution in [2.45, 2.75) is 13.8 Å². The fourth-order valence-corrected chi connectivity index (χ4v) is 1.53. The van der Waals surface area contributed by atoms with Gasteiger partial charge < -0.3 is 0 Å². The maximum absolute atomic E-state index is 5.23. The molecule has 1 aromatic carbocycles. The summed E-state index contributed by atoms with van der Waals surface area (Å²) in [6, 6.07) is 5.89. The summed E-state index contributed by atoms with van der Waals surface area (Å²) in [5.74, 6) is 2.47. The van der Waals surface area contributed by atoms with E-state index in [9.17, 15) is 0 Å². The van der Waals surface area contributed by atoms with Gasteiger partial charge in [0.05, 0.1) is 5.69 Å². The van der Waals surface area contributed by atoms with Gasteiger partial charge in [-0.25, -0.2) is 5.06 Å². The number of terminal acetylenes is 1. The van der Waals surface area contributed by atoms with E-state index in [1.165, 1.54) is 5.06 Å². The van der Waals surface area contributed by atoms with Gasteiger partial charge in [-0.1, -0.05) is 33.5 Å². The second-order valence-corrected chi connectivity index (χ2v) is 3.24. The van der Waals surface area contributed by atoms with Gasteiger partial charge in [0.25, 0.3) is 0 Å². The predicted octanol–water partition coefficient (Wildman–Crippen LogP) is 2.76. The zero-order valence-corrected chi connectivity index (χ0v) is 9.41. The Labute approximate surface area is 94.6 Å². The Morgan fingerprint density at radius 3 is 2.47 bits per heavy atom. The summed E-state index contributed by atoms with van der Waals surface area (Å²) in [5, 5.41) is 1.43. The minimum atomic E-state index is 0.262. The molecule has 0 atom stereocenters. The van der Waals surface area contributed by atoms with Gasteiger partial charge in [0.15, 0.2) is 0 Å². The second-order valence-electron chi connectivity index (χ2n) is 3.12. The molecule has 0 radical (unpaired) electrons. The van der Waals surface area contributed by atoms with Crippen LogP contribution < -0.4 is 5.06 Å². The normalized spacial score (nSPS) is 9.73. The van der Waals surface area contributed by atoms with Crippen LogP contribution in [0.25, 0.3) is 0 Å². The monoisotopic (exact) mass is 225 g/mol. The van der Waals surface area contributed by atoms with Crippen LogP contribution in [0.15, 0.2) is 18.2 Å². The molecular weight excluding hydrogens is 214 g/mol. The first-order valence-electron chi connectivity index (χ1n) is 4.43. The topological polar surface area (TPSA) is 21.7 Å². The van der Waals surface area contributed by atoms with Crippen LogP contribution in [0.1, 0.15) is 11.1 Å². The molecule has 0 fully saturated rings. The average Bonchev–Trinajstić information content (AvgIpc) is 2.18. The summed E-state index contributed by atoms with van der Waals surface area (Å²) in [6.07, 6.45) is 5.23. The average molecular weight is 226 g/mol. The molecule has 0 saturated heterocycles. The Kier molecular flexibility index (Phi) is 4.44. The number of para-hydroxylation sites is 1. The number of hydroxylamine groups is 1. The molecule has 15 heavy (non-hydrogen) atoms. The molecule has 1 aromatic rings. The number of aryl methyl sites for hydroxylation is 2. The van der Waals surface area contributed by atoms with Crippen LogP contribution in [0.5, 0.6) is 0 Å². The third-order valence-corrected chi connectivity index (χ3v) is 2.10. The lowest BCUT2D eigenvalue weighted by molar-refractivity contribution is -0.213. The maximum atomic E-state index is 5.23. The van der Waals surface area contributed by atoms with Crippen molar-refractivity contribution in [1.82, 2.24) is 0 Å². The van der Waals surface area contributed by atoms with Gasteiger partial charge in [0.1, 0.15) is 18.4 Å². The molecule has 0 amide bonds. The summed E-state index contributed by atoms with van der Waals surface area (Å²) < 4.78 is 4.12. The van der Waals surface area contributed by atoms with Gasteiger partial charge in [-0.3, -0.25) is 0 Å². The Morgan fingerprint density at radius 2 is 2.00 bits per heavy atom. The largest absolute Gasteiger partial charge is 0.209 e. The molecule has 0 saturated carbocycles. The van der Waals surface area contributed by atoms with E-state index in [1.807, 2.05) is 32.0 Å². The van der Waals surface area contributed by atoms with Crippen molar-refractivity contribution >= 4 is 17.6 Å². The molecule has 0 N–H and O–H groups in total. The van der Waals surface area contributed by atoms with Gasteiger partial charge in [-0.05, 0) is 25.0 Å². The number of anilines is 1. The van der Waals surface area contributed by atoms with Crippen LogP contribution >= 0.6 is 11.9 Å². The number of benzene rings is 1. The standard InChI is InChI=1S/C11H12ClNO2/c1-4-8-13(15-14-12)11-9(2)6-5-7-10(11)3/h1,5-7H,8H2,2-3H3. The number of hydrogen-bond acceptors (Lipinski definition) is 3. The second kappa shape index (κ2) is 5.62. The van der Waals surface area contributed by atoms with Gasteiger partial charge in [0, 0.05) is 0 Å². The summed E-state index contributed by atoms with van der Waals surface area (Å²) >= 11 is 5.05. The first-order valence-corrected chi connectivity index (χ1v) is 4.74. The zero-order chi connectivity index (χ0) is 11.3. The lowest BCUT2D eigenvalue weighted by Gasteiger charge is -2.21. The molecule has 0 heterocycles. The molecule has 0 spiro atoms. The summed E-state index contributed by atoms with van der Waals surface area (Å²) in [4.78, 5) is 4.79. The molecule has 0 bridgehead atoms. The van der Waals surface area contributed by atoms with Gasteiger partial charge in [-0.15, -0.1) is 6.42 Å². The third-order valence-electron chi connectivity index (χ3n) is 2.04. The highest BCUT2D eigenvalue weighted by atomic mass is 35.5. The molecule has 0 aliphatic rings. The van der Waals surface area contributed by atoms with Crippen molar-refractivity contribution in [3.8, 4) is 12.3 Å². The van der Waals surface area contributed by atoms with Gasteiger partial charge in [-0.2, -0.15) is 0 Å². The molecule has 4 heteroatoms. The first-order chi connectivity index (χ1) is 7.20. The van der Waals surface area contributed by atoms with Crippen LogP contribution in [0, 0.1) is 26.2 Å². The van der Waals surface area contributed by atoms with Crippen LogP contribution in [-0.2, 0) is 9.43 Å². The van der Waals surface area contributed by atoms with Crippen molar-refractivity contribution in [3.05, 3.63) is 29.3 Å². The van der Waals surface area contributed by atoms with E-state index in [-0.39, 0.29) is 6.54 Å². The summed E-state index contributed by atoms with van der Waals surface area (Å²) in [7, 11) is 0. The van der Waals surface area contributed by atoms with E-state index < -0.39 is 0 Å². The van der Waals surface area contributed by atoms with E-state index in [0.717, 1.165) is 16.8 Å². The van der Waals surface area contributed by atoms with Crippen molar-refractivity contribution in [3.63, 3.8) is 0 Å². The van der Waals surface area contributed by atoms with Crippen LogP contribution in [-0.4, -0.2) is 6.54 Å². The highest BCUT2D eigenvalue weighted by Gasteiger charge is 2.12. The van der Waals surface area contributed by atoms with Crippen LogP contribution in [0.3, 0.4) is 0 Å². The quantitative estimate of drug-likeness (QED) is 0.447. The van der Waals surface area contributed by atoms with Crippen molar-refractivity contribution in [2.75, 3.05) is 11.6 Å². The molecule has 1 rings (SSSR count). The van der Waals surface area contributed by atoms with Crippen molar-refractivity contribution in [2.24, 2.45) is 0 Å². The SMILES string of the molecule is C#CCN(OOCl)c1c(C)cccc1C. The lowest BCUT2D eigenvalue weighted by Crippen LogP contribution is -2.24. The molecule has 80 valence electrons. The maximum Gasteiger partial charge on any atom is 0.109 e. The number of hydrogen-bond donors (Lipinski definition) is 0. The fourth-order valence-electron chi connectivity index (χ4n) is 1.46. The Hall–Kier alpha value is -1.21. The zero-order valence-electron chi connectivity index (χ0n) is 8.66. The minimum absolute atomic E-state index is 0.262. The smallest absolute Gasteiger partial charge is 0.109 e. The predicted molar refractivity (Wildman–Crippen MR) is 60.1 cm³/mol. The molecule has 0 unspecified atom stereocenters. The minimum Gasteiger partial charge on any atom is -0.209 e. The van der Waals surface area contributed by atoms with E-state index in [2.05, 4.69) is 10.4 Å². The number of nitrogens with zero attached hydrogens (tertiary/aromatic N) is 1. The first kappa shape index (κ1) is 11.9. The molecule has 3 nitrogen and oxygen atoms in total. The number of halogens is 1. The van der Waals surface area contributed by atoms with Crippen molar-refractivity contribution in [1.29, 1.82) is 0 Å². The van der Waals surface area contributed by atoms with Gasteiger partial charge >= 0.3 is 0 Å². The Balaban J connectivity index is 3.05.